The van der Waals surface area contributed by atoms with Crippen LogP contribution in [0.4, 0.5) is 22.0 Å². The number of nitriles is 1. The van der Waals surface area contributed by atoms with Gasteiger partial charge in [0.15, 0.2) is 5.65 Å². The average Bonchev–Trinajstić information content (AvgIpc) is 2.73. The molecule has 4 rings (SSSR count). The van der Waals surface area contributed by atoms with E-state index in [0.717, 1.165) is 18.2 Å². The molecular formula is C22H10F5N3. The number of hydrogen-bond acceptors (Lipinski definition) is 3. The molecule has 0 unspecified atom stereocenters. The normalized spacial score (nSPS) is 11.5. The van der Waals surface area contributed by atoms with Gasteiger partial charge in [-0.1, -0.05) is 12.1 Å². The first-order valence-corrected chi connectivity index (χ1v) is 8.61. The van der Waals surface area contributed by atoms with Crippen LogP contribution in [0.3, 0.4) is 0 Å². The van der Waals surface area contributed by atoms with Gasteiger partial charge >= 0.3 is 6.18 Å². The van der Waals surface area contributed by atoms with E-state index >= 15 is 0 Å². The van der Waals surface area contributed by atoms with E-state index < -0.39 is 23.5 Å². The first-order valence-electron chi connectivity index (χ1n) is 8.61. The zero-order valence-corrected chi connectivity index (χ0v) is 15.0. The van der Waals surface area contributed by atoms with Crippen molar-refractivity contribution >= 4 is 11.0 Å². The van der Waals surface area contributed by atoms with Gasteiger partial charge in [-0.3, -0.25) is 0 Å². The van der Waals surface area contributed by atoms with Crippen molar-refractivity contribution in [2.75, 3.05) is 0 Å². The van der Waals surface area contributed by atoms with E-state index in [1.807, 2.05) is 6.07 Å². The van der Waals surface area contributed by atoms with Gasteiger partial charge in [0.05, 0.1) is 11.6 Å². The minimum absolute atomic E-state index is 0.0397. The van der Waals surface area contributed by atoms with Crippen LogP contribution in [0.15, 0.2) is 60.8 Å². The fourth-order valence-electron chi connectivity index (χ4n) is 3.21. The Hall–Kier alpha value is -3.86. The highest BCUT2D eigenvalue weighted by Crippen LogP contribution is 2.35. The zero-order chi connectivity index (χ0) is 21.5. The molecule has 0 fully saturated rings. The van der Waals surface area contributed by atoms with Gasteiger partial charge in [-0.25, -0.2) is 18.7 Å². The zero-order valence-electron chi connectivity index (χ0n) is 15.0. The number of fused-ring (bicyclic) bond motifs is 1. The van der Waals surface area contributed by atoms with Gasteiger partial charge in [0, 0.05) is 22.7 Å². The molecular weight excluding hydrogens is 401 g/mol. The second kappa shape index (κ2) is 7.19. The number of nitrogens with zero attached hydrogens (tertiary/aromatic N) is 3. The van der Waals surface area contributed by atoms with Gasteiger partial charge in [-0.05, 0) is 53.6 Å². The maximum Gasteiger partial charge on any atom is 0.433 e. The lowest BCUT2D eigenvalue weighted by molar-refractivity contribution is -0.141. The quantitative estimate of drug-likeness (QED) is 0.373. The van der Waals surface area contributed by atoms with Crippen LogP contribution in [0, 0.1) is 23.0 Å². The number of aromatic nitrogens is 2. The van der Waals surface area contributed by atoms with Crippen molar-refractivity contribution in [2.45, 2.75) is 6.18 Å². The van der Waals surface area contributed by atoms with Crippen LogP contribution in [-0.4, -0.2) is 9.97 Å². The van der Waals surface area contributed by atoms with Crippen molar-refractivity contribution in [3.05, 3.63) is 83.7 Å². The SMILES string of the molecule is N#Cc1cccc(F)c1-c1cc(-c2ccnc3nc(C(F)(F)F)ccc23)ccc1F. The minimum atomic E-state index is -4.62. The molecule has 0 saturated heterocycles. The van der Waals surface area contributed by atoms with Gasteiger partial charge < -0.3 is 0 Å². The van der Waals surface area contributed by atoms with Gasteiger partial charge in [0.1, 0.15) is 17.3 Å². The third-order valence-electron chi connectivity index (χ3n) is 4.57. The Bertz CT molecular complexity index is 1320. The van der Waals surface area contributed by atoms with E-state index in [0.29, 0.717) is 16.5 Å². The molecule has 148 valence electrons. The van der Waals surface area contributed by atoms with Crippen LogP contribution in [0.25, 0.3) is 33.3 Å². The van der Waals surface area contributed by atoms with Crippen molar-refractivity contribution in [2.24, 2.45) is 0 Å². The standard InChI is InChI=1S/C22H10F5N3/c23-17-6-4-12(10-16(17)20-13(11-28)2-1-3-18(20)24)14-8-9-29-21-15(14)5-7-19(30-21)22(25,26)27/h1-10H. The summed E-state index contributed by atoms with van der Waals surface area (Å²) in [4.78, 5) is 7.45. The summed E-state index contributed by atoms with van der Waals surface area (Å²) in [5, 5.41) is 9.58. The molecule has 0 aliphatic heterocycles. The predicted octanol–water partition coefficient (Wildman–Crippen LogP) is 6.13. The molecule has 0 aliphatic rings. The monoisotopic (exact) mass is 411 g/mol. The van der Waals surface area contributed by atoms with E-state index in [4.69, 9.17) is 0 Å². The van der Waals surface area contributed by atoms with Crippen molar-refractivity contribution in [3.63, 3.8) is 0 Å². The molecule has 30 heavy (non-hydrogen) atoms. The van der Waals surface area contributed by atoms with Crippen LogP contribution in [0.1, 0.15) is 11.3 Å². The Kier molecular flexibility index (Phi) is 4.66. The van der Waals surface area contributed by atoms with E-state index in [1.54, 1.807) is 6.07 Å². The Labute approximate surface area is 167 Å². The van der Waals surface area contributed by atoms with E-state index in [1.165, 1.54) is 36.5 Å². The minimum Gasteiger partial charge on any atom is -0.237 e. The summed E-state index contributed by atoms with van der Waals surface area (Å²) in [7, 11) is 0. The lowest BCUT2D eigenvalue weighted by Gasteiger charge is -2.12. The first kappa shape index (κ1) is 19.5. The molecule has 4 aromatic rings. The van der Waals surface area contributed by atoms with Crippen molar-refractivity contribution in [3.8, 4) is 28.3 Å². The highest BCUT2D eigenvalue weighted by Gasteiger charge is 2.32. The maximum absolute atomic E-state index is 14.5. The average molecular weight is 411 g/mol. The molecule has 3 nitrogen and oxygen atoms in total. The molecule has 0 radical (unpaired) electrons. The summed E-state index contributed by atoms with van der Waals surface area (Å²) < 4.78 is 67.8. The van der Waals surface area contributed by atoms with Crippen LogP contribution in [0.5, 0.6) is 0 Å². The number of benzene rings is 2. The molecule has 2 heterocycles. The molecule has 0 aliphatic carbocycles. The Morgan fingerprint density at radius 3 is 2.40 bits per heavy atom. The van der Waals surface area contributed by atoms with Gasteiger partial charge in [-0.15, -0.1) is 0 Å². The largest absolute Gasteiger partial charge is 0.433 e. The molecule has 0 spiro atoms. The van der Waals surface area contributed by atoms with Crippen molar-refractivity contribution in [1.29, 1.82) is 5.26 Å². The van der Waals surface area contributed by atoms with Gasteiger partial charge in [0.2, 0.25) is 0 Å². The molecule has 0 bridgehead atoms. The summed E-state index contributed by atoms with van der Waals surface area (Å²) in [5.74, 6) is -1.50. The van der Waals surface area contributed by atoms with Crippen molar-refractivity contribution in [1.82, 2.24) is 9.97 Å². The fraction of sp³-hybridized carbons (Fsp3) is 0.0455. The summed E-state index contributed by atoms with van der Waals surface area (Å²) in [6.45, 7) is 0. The third-order valence-corrected chi connectivity index (χ3v) is 4.57. The number of rotatable bonds is 2. The van der Waals surface area contributed by atoms with Crippen molar-refractivity contribution < 1.29 is 22.0 Å². The van der Waals surface area contributed by atoms with E-state index in [9.17, 15) is 27.2 Å². The second-order valence-corrected chi connectivity index (χ2v) is 6.39. The lowest BCUT2D eigenvalue weighted by atomic mass is 9.94. The summed E-state index contributed by atoms with van der Waals surface area (Å²) in [6, 6.07) is 13.2. The molecule has 0 N–H and O–H groups in total. The van der Waals surface area contributed by atoms with Gasteiger partial charge in [0.25, 0.3) is 0 Å². The van der Waals surface area contributed by atoms with E-state index in [2.05, 4.69) is 9.97 Å². The third kappa shape index (κ3) is 3.35. The number of halogens is 5. The molecule has 0 atom stereocenters. The highest BCUT2D eigenvalue weighted by atomic mass is 19.4. The van der Waals surface area contributed by atoms with Gasteiger partial charge in [-0.2, -0.15) is 18.4 Å². The fourth-order valence-corrected chi connectivity index (χ4v) is 3.21. The van der Waals surface area contributed by atoms with Crippen LogP contribution < -0.4 is 0 Å². The number of hydrogen-bond donors (Lipinski definition) is 0. The predicted molar refractivity (Wildman–Crippen MR) is 100 cm³/mol. The molecule has 0 amide bonds. The Morgan fingerprint density at radius 1 is 0.867 bits per heavy atom. The molecule has 8 heteroatoms. The maximum atomic E-state index is 14.5. The van der Waals surface area contributed by atoms with Crippen LogP contribution in [0.2, 0.25) is 0 Å². The summed E-state index contributed by atoms with van der Waals surface area (Å²) in [5.41, 5.74) is -0.713. The molecule has 2 aromatic carbocycles. The lowest BCUT2D eigenvalue weighted by Crippen LogP contribution is -2.08. The van der Waals surface area contributed by atoms with Crippen LogP contribution >= 0.6 is 0 Å². The first-order chi connectivity index (χ1) is 14.3. The Balaban J connectivity index is 1.93. The van der Waals surface area contributed by atoms with Crippen LogP contribution in [-0.2, 0) is 6.18 Å². The van der Waals surface area contributed by atoms with E-state index in [-0.39, 0.29) is 22.3 Å². The topological polar surface area (TPSA) is 49.6 Å². The highest BCUT2D eigenvalue weighted by molar-refractivity contribution is 5.93. The second-order valence-electron chi connectivity index (χ2n) is 6.39. The summed E-state index contributed by atoms with van der Waals surface area (Å²) >= 11 is 0. The number of pyridine rings is 2. The molecule has 0 saturated carbocycles. The number of alkyl halides is 3. The smallest absolute Gasteiger partial charge is 0.237 e. The molecule has 2 aromatic heterocycles. The Morgan fingerprint density at radius 2 is 1.67 bits per heavy atom. The summed E-state index contributed by atoms with van der Waals surface area (Å²) in [6.07, 6.45) is -3.33.